The first kappa shape index (κ1) is 35.0. The van der Waals surface area contributed by atoms with Crippen LogP contribution in [0, 0.1) is 5.92 Å². The number of hydrogen-bond donors (Lipinski definition) is 3. The van der Waals surface area contributed by atoms with E-state index in [2.05, 4.69) is 10.2 Å². The van der Waals surface area contributed by atoms with Gasteiger partial charge in [-0.1, -0.05) is 66.7 Å². The van der Waals surface area contributed by atoms with Crippen molar-refractivity contribution in [3.63, 3.8) is 0 Å². The number of hydrogen-bond acceptors (Lipinski definition) is 8. The number of aliphatic hydroxyl groups is 2. The summed E-state index contributed by atoms with van der Waals surface area (Å²) in [7, 11) is 0. The molecule has 10 heteroatoms. The Morgan fingerprint density at radius 3 is 2.45 bits per heavy atom. The number of morpholine rings is 1. The van der Waals surface area contributed by atoms with Crippen molar-refractivity contribution in [2.75, 3.05) is 52.7 Å². The molecule has 6 rings (SSSR count). The first-order valence-corrected chi connectivity index (χ1v) is 17.6. The summed E-state index contributed by atoms with van der Waals surface area (Å²) in [6.45, 7) is 5.98. The van der Waals surface area contributed by atoms with Crippen LogP contribution < -0.4 is 10.1 Å². The molecule has 0 aromatic heterocycles. The molecule has 1 aliphatic carbocycles. The standard InChI is InChI=1S/C39H49N3O7/c43-35(34(24-28-6-2-1-3-7-28)40-39(46)31-16-20-48-27-31)14-15-37(45)42(38-33-9-5-4-8-30(33)25-36(38)44)26-29-10-12-32(13-11-29)49-23-19-41-17-21-47-22-18-41/h1-13,31,34-36,38,43-44H,14-27H2,(H,40,46)/t31?,34-,35-,36+,38-/m0/s1. The second-order valence-corrected chi connectivity index (χ2v) is 13.4. The number of nitrogens with one attached hydrogen (secondary N) is 1. The van der Waals surface area contributed by atoms with E-state index in [1.54, 1.807) is 4.90 Å². The molecule has 10 nitrogen and oxygen atoms in total. The van der Waals surface area contributed by atoms with Crippen molar-refractivity contribution in [3.8, 4) is 5.75 Å². The fraction of sp³-hybridized carbons (Fsp3) is 0.487. The number of aliphatic hydroxyl groups excluding tert-OH is 2. The van der Waals surface area contributed by atoms with Gasteiger partial charge in [-0.15, -0.1) is 0 Å². The van der Waals surface area contributed by atoms with Gasteiger partial charge in [-0.2, -0.15) is 0 Å². The van der Waals surface area contributed by atoms with Gasteiger partial charge in [0.1, 0.15) is 12.4 Å². The molecule has 262 valence electrons. The maximum Gasteiger partial charge on any atom is 0.225 e. The monoisotopic (exact) mass is 671 g/mol. The number of nitrogens with zero attached hydrogens (tertiary/aromatic N) is 2. The van der Waals surface area contributed by atoms with Crippen molar-refractivity contribution in [1.29, 1.82) is 0 Å². The minimum Gasteiger partial charge on any atom is -0.492 e. The van der Waals surface area contributed by atoms with Gasteiger partial charge in [0.2, 0.25) is 11.8 Å². The normalized spacial score (nSPS) is 21.9. The number of rotatable bonds is 15. The molecule has 2 heterocycles. The predicted octanol–water partition coefficient (Wildman–Crippen LogP) is 3.29. The highest BCUT2D eigenvalue weighted by molar-refractivity contribution is 5.79. The quantitative estimate of drug-likeness (QED) is 0.225. The molecule has 0 saturated carbocycles. The summed E-state index contributed by atoms with van der Waals surface area (Å²) in [5.41, 5.74) is 3.88. The SMILES string of the molecule is O=C(N[C@@H](Cc1ccccc1)[C@@H](O)CCC(=O)N(Cc1ccc(OCCN2CCOCC2)cc1)[C@H]1c2ccccc2C[C@H]1O)C1CCOC1. The number of amides is 2. The summed E-state index contributed by atoms with van der Waals surface area (Å²) in [4.78, 5) is 31.3. The minimum absolute atomic E-state index is 0.0585. The Balaban J connectivity index is 1.13. The van der Waals surface area contributed by atoms with Gasteiger partial charge >= 0.3 is 0 Å². The van der Waals surface area contributed by atoms with Crippen LogP contribution in [0.25, 0.3) is 0 Å². The van der Waals surface area contributed by atoms with Crippen molar-refractivity contribution in [3.05, 3.63) is 101 Å². The summed E-state index contributed by atoms with van der Waals surface area (Å²) in [5, 5.41) is 25.8. The maximum atomic E-state index is 14.1. The van der Waals surface area contributed by atoms with Gasteiger partial charge in [0.15, 0.2) is 0 Å². The highest BCUT2D eigenvalue weighted by Crippen LogP contribution is 2.37. The maximum absolute atomic E-state index is 14.1. The molecule has 3 aromatic carbocycles. The zero-order valence-electron chi connectivity index (χ0n) is 28.1. The van der Waals surface area contributed by atoms with Crippen LogP contribution in [0.2, 0.25) is 0 Å². The first-order chi connectivity index (χ1) is 23.9. The van der Waals surface area contributed by atoms with E-state index >= 15 is 0 Å². The van der Waals surface area contributed by atoms with Gasteiger partial charge in [-0.25, -0.2) is 0 Å². The van der Waals surface area contributed by atoms with Crippen LogP contribution in [0.5, 0.6) is 5.75 Å². The lowest BCUT2D eigenvalue weighted by atomic mass is 9.96. The second kappa shape index (κ2) is 17.2. The van der Waals surface area contributed by atoms with Crippen LogP contribution in [0.15, 0.2) is 78.9 Å². The molecule has 2 amide bonds. The van der Waals surface area contributed by atoms with E-state index in [0.717, 1.165) is 60.9 Å². The van der Waals surface area contributed by atoms with Gasteiger partial charge in [0, 0.05) is 45.6 Å². The number of carbonyl (C=O) groups is 2. The molecule has 3 aliphatic rings. The molecular weight excluding hydrogens is 622 g/mol. The number of ether oxygens (including phenoxy) is 3. The third-order valence-corrected chi connectivity index (χ3v) is 9.92. The molecule has 2 aliphatic heterocycles. The van der Waals surface area contributed by atoms with E-state index in [0.29, 0.717) is 45.6 Å². The summed E-state index contributed by atoms with van der Waals surface area (Å²) in [6, 6.07) is 24.3. The summed E-state index contributed by atoms with van der Waals surface area (Å²) in [5.74, 6) is 0.220. The van der Waals surface area contributed by atoms with Crippen molar-refractivity contribution in [1.82, 2.24) is 15.1 Å². The molecular formula is C39H49N3O7. The Labute approximate surface area is 289 Å². The molecule has 0 bridgehead atoms. The largest absolute Gasteiger partial charge is 0.492 e. The smallest absolute Gasteiger partial charge is 0.225 e. The van der Waals surface area contributed by atoms with E-state index in [4.69, 9.17) is 14.2 Å². The van der Waals surface area contributed by atoms with Crippen molar-refractivity contribution >= 4 is 11.8 Å². The topological polar surface area (TPSA) is 121 Å². The molecule has 3 aromatic rings. The van der Waals surface area contributed by atoms with Crippen LogP contribution in [-0.4, -0.2) is 103 Å². The van der Waals surface area contributed by atoms with Crippen LogP contribution in [0.4, 0.5) is 0 Å². The highest BCUT2D eigenvalue weighted by atomic mass is 16.5. The first-order valence-electron chi connectivity index (χ1n) is 17.6. The van der Waals surface area contributed by atoms with Gasteiger partial charge in [0.25, 0.3) is 0 Å². The molecule has 0 radical (unpaired) electrons. The van der Waals surface area contributed by atoms with Crippen LogP contribution in [0.1, 0.15) is 47.6 Å². The molecule has 0 spiro atoms. The van der Waals surface area contributed by atoms with E-state index < -0.39 is 24.3 Å². The van der Waals surface area contributed by atoms with Crippen molar-refractivity contribution < 1.29 is 34.0 Å². The average molecular weight is 672 g/mol. The van der Waals surface area contributed by atoms with E-state index in [1.165, 1.54) is 0 Å². The molecule has 2 saturated heterocycles. The summed E-state index contributed by atoms with van der Waals surface area (Å²) < 4.78 is 16.8. The zero-order chi connectivity index (χ0) is 34.0. The highest BCUT2D eigenvalue weighted by Gasteiger charge is 2.38. The molecule has 5 atom stereocenters. The summed E-state index contributed by atoms with van der Waals surface area (Å²) in [6.07, 6.45) is 0.0889. The minimum atomic E-state index is -0.952. The lowest BCUT2D eigenvalue weighted by molar-refractivity contribution is -0.137. The van der Waals surface area contributed by atoms with Crippen LogP contribution in [0.3, 0.4) is 0 Å². The molecule has 2 fully saturated rings. The van der Waals surface area contributed by atoms with Gasteiger partial charge < -0.3 is 34.6 Å². The Kier molecular flexibility index (Phi) is 12.3. The lowest BCUT2D eigenvalue weighted by Gasteiger charge is -2.33. The Morgan fingerprint density at radius 2 is 1.69 bits per heavy atom. The van der Waals surface area contributed by atoms with Crippen molar-refractivity contribution in [2.45, 2.75) is 62.9 Å². The third-order valence-electron chi connectivity index (χ3n) is 9.92. The average Bonchev–Trinajstić information content (AvgIpc) is 3.79. The predicted molar refractivity (Wildman–Crippen MR) is 185 cm³/mol. The van der Waals surface area contributed by atoms with Crippen LogP contribution >= 0.6 is 0 Å². The Hall–Kier alpha value is -3.80. The van der Waals surface area contributed by atoms with Gasteiger partial charge in [-0.05, 0) is 53.6 Å². The van der Waals surface area contributed by atoms with E-state index in [1.807, 2.05) is 78.9 Å². The number of benzene rings is 3. The fourth-order valence-electron chi connectivity index (χ4n) is 7.08. The zero-order valence-corrected chi connectivity index (χ0v) is 28.1. The van der Waals surface area contributed by atoms with Gasteiger partial charge in [-0.3, -0.25) is 14.5 Å². The number of carbonyl (C=O) groups excluding carboxylic acids is 2. The lowest BCUT2D eigenvalue weighted by Crippen LogP contribution is -2.47. The fourth-order valence-corrected chi connectivity index (χ4v) is 7.08. The third kappa shape index (κ3) is 9.46. The second-order valence-electron chi connectivity index (χ2n) is 13.4. The molecule has 49 heavy (non-hydrogen) atoms. The van der Waals surface area contributed by atoms with Crippen molar-refractivity contribution in [2.24, 2.45) is 5.92 Å². The molecule has 1 unspecified atom stereocenters. The van der Waals surface area contributed by atoms with Gasteiger partial charge in [0.05, 0.1) is 50.0 Å². The van der Waals surface area contributed by atoms with E-state index in [-0.39, 0.29) is 30.6 Å². The van der Waals surface area contributed by atoms with Crippen LogP contribution in [-0.2, 0) is 38.4 Å². The molecule has 3 N–H and O–H groups in total. The number of fused-ring (bicyclic) bond motifs is 1. The Morgan fingerprint density at radius 1 is 0.939 bits per heavy atom. The Bertz CT molecular complexity index is 1490. The summed E-state index contributed by atoms with van der Waals surface area (Å²) >= 11 is 0. The van der Waals surface area contributed by atoms with E-state index in [9.17, 15) is 19.8 Å².